The van der Waals surface area contributed by atoms with Crippen LogP contribution < -0.4 is 4.90 Å². The highest BCUT2D eigenvalue weighted by Crippen LogP contribution is 2.32. The lowest BCUT2D eigenvalue weighted by molar-refractivity contribution is 0.0391. The Morgan fingerprint density at radius 3 is 2.50 bits per heavy atom. The molecule has 8 heteroatoms. The highest BCUT2D eigenvalue weighted by molar-refractivity contribution is 7.22. The van der Waals surface area contributed by atoms with Crippen LogP contribution >= 0.6 is 11.3 Å². The van der Waals surface area contributed by atoms with E-state index in [4.69, 9.17) is 14.5 Å². The molecule has 0 bridgehead atoms. The van der Waals surface area contributed by atoms with Gasteiger partial charge < -0.3 is 9.47 Å². The highest BCUT2D eigenvalue weighted by atomic mass is 32.1. The molecule has 2 aromatic carbocycles. The number of rotatable bonds is 6. The van der Waals surface area contributed by atoms with Crippen molar-refractivity contribution in [3.8, 4) is 0 Å². The summed E-state index contributed by atoms with van der Waals surface area (Å²) in [4.78, 5) is 34.1. The second-order valence-electron chi connectivity index (χ2n) is 7.91. The lowest BCUT2D eigenvalue weighted by atomic mass is 10.1. The van der Waals surface area contributed by atoms with E-state index in [9.17, 15) is 9.59 Å². The maximum Gasteiger partial charge on any atom is 0.337 e. The third-order valence-corrected chi connectivity index (χ3v) is 6.81. The van der Waals surface area contributed by atoms with Gasteiger partial charge in [0.25, 0.3) is 5.91 Å². The van der Waals surface area contributed by atoms with Crippen molar-refractivity contribution < 1.29 is 19.1 Å². The van der Waals surface area contributed by atoms with Crippen LogP contribution in [-0.4, -0.2) is 68.3 Å². The second-order valence-corrected chi connectivity index (χ2v) is 8.88. The molecular weight excluding hydrogens is 426 g/mol. The number of carbonyl (C=O) groups excluding carboxylic acids is 2. The van der Waals surface area contributed by atoms with Crippen LogP contribution in [0.5, 0.6) is 0 Å². The number of anilines is 1. The molecule has 0 atom stereocenters. The van der Waals surface area contributed by atoms with Crippen LogP contribution in [0.2, 0.25) is 0 Å². The van der Waals surface area contributed by atoms with E-state index in [1.165, 1.54) is 18.4 Å². The van der Waals surface area contributed by atoms with Gasteiger partial charge in [-0.05, 0) is 55.3 Å². The molecule has 0 aliphatic carbocycles. The van der Waals surface area contributed by atoms with Crippen LogP contribution in [0.3, 0.4) is 0 Å². The summed E-state index contributed by atoms with van der Waals surface area (Å²) in [5.74, 6) is -0.562. The number of ether oxygens (including phenoxy) is 2. The molecule has 0 radical (unpaired) electrons. The average molecular weight is 454 g/mol. The molecule has 1 aromatic heterocycles. The number of thiazole rings is 1. The van der Waals surface area contributed by atoms with Crippen molar-refractivity contribution in [3.05, 3.63) is 58.7 Å². The molecule has 1 aliphatic heterocycles. The van der Waals surface area contributed by atoms with Crippen LogP contribution in [-0.2, 0) is 9.47 Å². The number of aromatic nitrogens is 1. The summed E-state index contributed by atoms with van der Waals surface area (Å²) in [6.07, 6.45) is 0. The first kappa shape index (κ1) is 22.4. The standard InChI is InChI=1S/C24H27N3O4S/c1-16-14-17(2)21-20(15-16)25-24(32-21)27(9-8-26-10-12-31-13-11-26)22(28)18-4-6-19(7-5-18)23(29)30-3/h4-7,14-15H,8-13H2,1-3H3. The number of methoxy groups -OCH3 is 1. The van der Waals surface area contributed by atoms with Gasteiger partial charge in [-0.15, -0.1) is 0 Å². The Labute approximate surface area is 191 Å². The molecule has 1 amide bonds. The fourth-order valence-corrected chi connectivity index (χ4v) is 4.89. The molecule has 0 unspecified atom stereocenters. The lowest BCUT2D eigenvalue weighted by Crippen LogP contribution is -2.43. The minimum absolute atomic E-state index is 0.136. The van der Waals surface area contributed by atoms with Crippen molar-refractivity contribution in [2.75, 3.05) is 51.4 Å². The molecule has 1 fully saturated rings. The number of aryl methyl sites for hydroxylation is 2. The summed E-state index contributed by atoms with van der Waals surface area (Å²) in [7, 11) is 1.34. The number of morpholine rings is 1. The molecular formula is C24H27N3O4S. The first-order chi connectivity index (χ1) is 15.5. The largest absolute Gasteiger partial charge is 0.465 e. The molecule has 0 saturated carbocycles. The third kappa shape index (κ3) is 4.82. The highest BCUT2D eigenvalue weighted by Gasteiger charge is 2.23. The van der Waals surface area contributed by atoms with Crippen LogP contribution in [0, 0.1) is 13.8 Å². The van der Waals surface area contributed by atoms with Gasteiger partial charge >= 0.3 is 5.97 Å². The number of esters is 1. The fraction of sp³-hybridized carbons (Fsp3) is 0.375. The summed E-state index contributed by atoms with van der Waals surface area (Å²) in [5.41, 5.74) is 4.14. The van der Waals surface area contributed by atoms with Crippen molar-refractivity contribution in [2.24, 2.45) is 0 Å². The van der Waals surface area contributed by atoms with Gasteiger partial charge in [0.05, 0.1) is 36.1 Å². The van der Waals surface area contributed by atoms with Gasteiger partial charge in [-0.2, -0.15) is 0 Å². The molecule has 0 spiro atoms. The van der Waals surface area contributed by atoms with Crippen molar-refractivity contribution in [2.45, 2.75) is 13.8 Å². The number of hydrogen-bond donors (Lipinski definition) is 0. The Kier molecular flexibility index (Phi) is 6.83. The van der Waals surface area contributed by atoms with Crippen molar-refractivity contribution in [1.29, 1.82) is 0 Å². The third-order valence-electron chi connectivity index (χ3n) is 5.58. The lowest BCUT2D eigenvalue weighted by Gasteiger charge is -2.29. The summed E-state index contributed by atoms with van der Waals surface area (Å²) in [6, 6.07) is 10.8. The molecule has 0 N–H and O–H groups in total. The van der Waals surface area contributed by atoms with E-state index >= 15 is 0 Å². The van der Waals surface area contributed by atoms with Gasteiger partial charge in [0.2, 0.25) is 0 Å². The number of fused-ring (bicyclic) bond motifs is 1. The van der Waals surface area contributed by atoms with Gasteiger partial charge in [0, 0.05) is 31.7 Å². The van der Waals surface area contributed by atoms with Gasteiger partial charge in [-0.3, -0.25) is 14.6 Å². The monoisotopic (exact) mass is 453 g/mol. The predicted molar refractivity (Wildman–Crippen MR) is 126 cm³/mol. The Morgan fingerprint density at radius 1 is 1.12 bits per heavy atom. The molecule has 4 rings (SSSR count). The predicted octanol–water partition coefficient (Wildman–Crippen LogP) is 3.68. The number of benzene rings is 2. The minimum Gasteiger partial charge on any atom is -0.465 e. The van der Waals surface area contributed by atoms with Crippen LogP contribution in [0.25, 0.3) is 10.2 Å². The molecule has 32 heavy (non-hydrogen) atoms. The summed E-state index contributed by atoms with van der Waals surface area (Å²) < 4.78 is 11.3. The van der Waals surface area contributed by atoms with Crippen LogP contribution in [0.4, 0.5) is 5.13 Å². The van der Waals surface area contributed by atoms with Crippen molar-refractivity contribution in [3.63, 3.8) is 0 Å². The Hall–Kier alpha value is -2.81. The molecule has 7 nitrogen and oxygen atoms in total. The zero-order valence-electron chi connectivity index (χ0n) is 18.6. The number of nitrogens with zero attached hydrogens (tertiary/aromatic N) is 3. The second kappa shape index (κ2) is 9.77. The van der Waals surface area contributed by atoms with Gasteiger partial charge in [-0.25, -0.2) is 9.78 Å². The van der Waals surface area contributed by atoms with Crippen molar-refractivity contribution in [1.82, 2.24) is 9.88 Å². The van der Waals surface area contributed by atoms with E-state index < -0.39 is 5.97 Å². The summed E-state index contributed by atoms with van der Waals surface area (Å²) in [5, 5.41) is 0.684. The van der Waals surface area contributed by atoms with Gasteiger partial charge in [-0.1, -0.05) is 17.4 Å². The minimum atomic E-state index is -0.426. The number of amides is 1. The Morgan fingerprint density at radius 2 is 1.81 bits per heavy atom. The van der Waals surface area contributed by atoms with Gasteiger partial charge in [0.1, 0.15) is 0 Å². The van der Waals surface area contributed by atoms with E-state index in [-0.39, 0.29) is 5.91 Å². The number of carbonyl (C=O) groups is 2. The van der Waals surface area contributed by atoms with E-state index in [0.717, 1.165) is 41.0 Å². The first-order valence-electron chi connectivity index (χ1n) is 10.6. The zero-order chi connectivity index (χ0) is 22.7. The molecule has 3 aromatic rings. The van der Waals surface area contributed by atoms with E-state index in [0.29, 0.717) is 36.0 Å². The summed E-state index contributed by atoms with van der Waals surface area (Å²) >= 11 is 1.54. The molecule has 168 valence electrons. The number of hydrogen-bond acceptors (Lipinski definition) is 7. The average Bonchev–Trinajstić information content (AvgIpc) is 3.23. The molecule has 1 aliphatic rings. The maximum atomic E-state index is 13.5. The van der Waals surface area contributed by atoms with Gasteiger partial charge in [0.15, 0.2) is 5.13 Å². The van der Waals surface area contributed by atoms with E-state index in [1.807, 2.05) is 0 Å². The van der Waals surface area contributed by atoms with Crippen LogP contribution in [0.15, 0.2) is 36.4 Å². The molecule has 1 saturated heterocycles. The topological polar surface area (TPSA) is 72.0 Å². The molecule has 2 heterocycles. The quantitative estimate of drug-likeness (QED) is 0.530. The fourth-order valence-electron chi connectivity index (χ4n) is 3.85. The normalized spacial score (nSPS) is 14.5. The van der Waals surface area contributed by atoms with Crippen LogP contribution in [0.1, 0.15) is 31.8 Å². The SMILES string of the molecule is COC(=O)c1ccc(C(=O)N(CCN2CCOCC2)c2nc3cc(C)cc(C)c3s2)cc1. The first-order valence-corrected chi connectivity index (χ1v) is 11.5. The smallest absolute Gasteiger partial charge is 0.337 e. The Bertz CT molecular complexity index is 1120. The maximum absolute atomic E-state index is 13.5. The zero-order valence-corrected chi connectivity index (χ0v) is 19.4. The summed E-state index contributed by atoms with van der Waals surface area (Å²) in [6.45, 7) is 8.52. The van der Waals surface area contributed by atoms with E-state index in [1.54, 1.807) is 29.2 Å². The van der Waals surface area contributed by atoms with Crippen molar-refractivity contribution >= 4 is 38.6 Å². The Balaban J connectivity index is 1.64. The van der Waals surface area contributed by atoms with E-state index in [2.05, 4.69) is 30.9 Å².